The van der Waals surface area contributed by atoms with Crippen LogP contribution in [0, 0.1) is 11.3 Å². The van der Waals surface area contributed by atoms with E-state index in [1.807, 2.05) is 6.07 Å². The largest absolute Gasteiger partial charge is 0.337 e. The minimum Gasteiger partial charge on any atom is -0.337 e. The second kappa shape index (κ2) is 6.28. The molecule has 0 saturated carbocycles. The predicted octanol–water partition coefficient (Wildman–Crippen LogP) is 1.92. The molecule has 88 valence electrons. The van der Waals surface area contributed by atoms with Gasteiger partial charge in [0.15, 0.2) is 5.78 Å². The Morgan fingerprint density at radius 3 is 2.82 bits per heavy atom. The normalized spacial score (nSPS) is 9.18. The third-order valence-corrected chi connectivity index (χ3v) is 2.05. The van der Waals surface area contributed by atoms with Crippen LogP contribution in [0.25, 0.3) is 0 Å². The Labute approximate surface area is 99.4 Å². The third kappa shape index (κ3) is 4.34. The number of carbonyl (C=O) groups is 2. The van der Waals surface area contributed by atoms with E-state index in [1.54, 1.807) is 24.3 Å². The van der Waals surface area contributed by atoms with Gasteiger partial charge in [0.2, 0.25) is 0 Å². The van der Waals surface area contributed by atoms with Gasteiger partial charge in [-0.25, -0.2) is 4.79 Å². The summed E-state index contributed by atoms with van der Waals surface area (Å²) >= 11 is 0. The Morgan fingerprint density at radius 1 is 1.41 bits per heavy atom. The van der Waals surface area contributed by atoms with Crippen LogP contribution in [-0.4, -0.2) is 18.4 Å². The van der Waals surface area contributed by atoms with Crippen molar-refractivity contribution in [2.75, 3.05) is 11.9 Å². The molecule has 1 aromatic carbocycles. The lowest BCUT2D eigenvalue weighted by Gasteiger charge is -2.06. The van der Waals surface area contributed by atoms with Crippen molar-refractivity contribution in [2.45, 2.75) is 13.3 Å². The van der Waals surface area contributed by atoms with E-state index in [2.05, 4.69) is 10.6 Å². The maximum absolute atomic E-state index is 11.4. The first-order chi connectivity index (χ1) is 8.13. The highest BCUT2D eigenvalue weighted by Gasteiger charge is 2.03. The number of hydrogen-bond acceptors (Lipinski definition) is 3. The van der Waals surface area contributed by atoms with Crippen molar-refractivity contribution in [3.63, 3.8) is 0 Å². The molecule has 5 nitrogen and oxygen atoms in total. The quantitative estimate of drug-likeness (QED) is 0.613. The van der Waals surface area contributed by atoms with Crippen LogP contribution in [0.15, 0.2) is 24.3 Å². The number of nitrogens with zero attached hydrogens (tertiary/aromatic N) is 1. The molecule has 0 saturated heterocycles. The van der Waals surface area contributed by atoms with Crippen LogP contribution in [0.3, 0.4) is 0 Å². The maximum atomic E-state index is 11.4. The van der Waals surface area contributed by atoms with E-state index >= 15 is 0 Å². The topological polar surface area (TPSA) is 82.0 Å². The Kier molecular flexibility index (Phi) is 4.70. The van der Waals surface area contributed by atoms with Crippen LogP contribution in [0.4, 0.5) is 10.5 Å². The van der Waals surface area contributed by atoms with Gasteiger partial charge in [-0.2, -0.15) is 5.26 Å². The van der Waals surface area contributed by atoms with Gasteiger partial charge in [0.25, 0.3) is 0 Å². The zero-order valence-electron chi connectivity index (χ0n) is 9.49. The summed E-state index contributed by atoms with van der Waals surface area (Å²) in [7, 11) is 0. The molecule has 0 unspecified atom stereocenters. The molecule has 0 bridgehead atoms. The highest BCUT2D eigenvalue weighted by Crippen LogP contribution is 2.10. The van der Waals surface area contributed by atoms with Gasteiger partial charge in [0.1, 0.15) is 0 Å². The number of rotatable bonds is 4. The minimum atomic E-state index is -0.388. The second-order valence-corrected chi connectivity index (χ2v) is 3.43. The molecule has 0 spiro atoms. The van der Waals surface area contributed by atoms with Crippen molar-refractivity contribution in [3.05, 3.63) is 29.8 Å². The number of Topliss-reactive ketones (excluding diaryl/α,β-unsaturated/α-hetero) is 1. The maximum Gasteiger partial charge on any atom is 0.319 e. The molecular formula is C12H13N3O2. The van der Waals surface area contributed by atoms with E-state index in [0.29, 0.717) is 17.8 Å². The zero-order chi connectivity index (χ0) is 12.7. The highest BCUT2D eigenvalue weighted by molar-refractivity contribution is 5.96. The molecular weight excluding hydrogens is 218 g/mol. The van der Waals surface area contributed by atoms with Gasteiger partial charge in [-0.1, -0.05) is 12.1 Å². The SMILES string of the molecule is CC(=O)c1cccc(NC(=O)NCCC#N)c1. The summed E-state index contributed by atoms with van der Waals surface area (Å²) in [6.45, 7) is 1.76. The van der Waals surface area contributed by atoms with Crippen LogP contribution >= 0.6 is 0 Å². The Bertz CT molecular complexity index is 463. The molecule has 0 heterocycles. The number of anilines is 1. The molecule has 2 amide bonds. The molecule has 1 rings (SSSR count). The Hall–Kier alpha value is -2.35. The number of nitriles is 1. The second-order valence-electron chi connectivity index (χ2n) is 3.43. The number of ketones is 1. The molecule has 5 heteroatoms. The molecule has 0 aliphatic heterocycles. The first-order valence-electron chi connectivity index (χ1n) is 5.16. The molecule has 17 heavy (non-hydrogen) atoms. The van der Waals surface area contributed by atoms with Crippen molar-refractivity contribution in [1.82, 2.24) is 5.32 Å². The molecule has 0 aliphatic carbocycles. The highest BCUT2D eigenvalue weighted by atomic mass is 16.2. The average molecular weight is 231 g/mol. The molecule has 1 aromatic rings. The summed E-state index contributed by atoms with van der Waals surface area (Å²) in [6, 6.07) is 8.21. The van der Waals surface area contributed by atoms with Gasteiger partial charge in [0, 0.05) is 17.8 Å². The molecule has 0 aromatic heterocycles. The lowest BCUT2D eigenvalue weighted by atomic mass is 10.1. The van der Waals surface area contributed by atoms with E-state index in [4.69, 9.17) is 5.26 Å². The minimum absolute atomic E-state index is 0.0569. The van der Waals surface area contributed by atoms with Gasteiger partial charge in [0.05, 0.1) is 12.5 Å². The van der Waals surface area contributed by atoms with E-state index < -0.39 is 0 Å². The fraction of sp³-hybridized carbons (Fsp3) is 0.250. The first kappa shape index (κ1) is 12.7. The number of nitrogens with one attached hydrogen (secondary N) is 2. The van der Waals surface area contributed by atoms with Crippen molar-refractivity contribution >= 4 is 17.5 Å². The van der Waals surface area contributed by atoms with E-state index in [1.165, 1.54) is 6.92 Å². The lowest BCUT2D eigenvalue weighted by molar-refractivity contribution is 0.101. The fourth-order valence-electron chi connectivity index (χ4n) is 1.22. The smallest absolute Gasteiger partial charge is 0.319 e. The molecule has 0 radical (unpaired) electrons. The van der Waals surface area contributed by atoms with Crippen molar-refractivity contribution in [3.8, 4) is 6.07 Å². The molecule has 2 N–H and O–H groups in total. The zero-order valence-corrected chi connectivity index (χ0v) is 9.49. The molecule has 0 aliphatic rings. The summed E-state index contributed by atoms with van der Waals surface area (Å²) in [6.07, 6.45) is 0.265. The number of benzene rings is 1. The third-order valence-electron chi connectivity index (χ3n) is 2.05. The van der Waals surface area contributed by atoms with E-state index in [-0.39, 0.29) is 18.2 Å². The molecule has 0 fully saturated rings. The van der Waals surface area contributed by atoms with Crippen molar-refractivity contribution in [1.29, 1.82) is 5.26 Å². The van der Waals surface area contributed by atoms with Gasteiger partial charge in [-0.15, -0.1) is 0 Å². The van der Waals surface area contributed by atoms with Crippen molar-refractivity contribution in [2.24, 2.45) is 0 Å². The predicted molar refractivity (Wildman–Crippen MR) is 63.7 cm³/mol. The van der Waals surface area contributed by atoms with E-state index in [9.17, 15) is 9.59 Å². The van der Waals surface area contributed by atoms with Gasteiger partial charge >= 0.3 is 6.03 Å². The van der Waals surface area contributed by atoms with Crippen LogP contribution in [0.5, 0.6) is 0 Å². The number of urea groups is 1. The number of carbonyl (C=O) groups excluding carboxylic acids is 2. The summed E-state index contributed by atoms with van der Waals surface area (Å²) in [4.78, 5) is 22.5. The fourth-order valence-corrected chi connectivity index (χ4v) is 1.22. The average Bonchev–Trinajstić information content (AvgIpc) is 2.29. The first-order valence-corrected chi connectivity index (χ1v) is 5.16. The van der Waals surface area contributed by atoms with Gasteiger partial charge in [-0.3, -0.25) is 4.79 Å². The van der Waals surface area contributed by atoms with E-state index in [0.717, 1.165) is 0 Å². The lowest BCUT2D eigenvalue weighted by Crippen LogP contribution is -2.29. The molecule has 0 atom stereocenters. The summed E-state index contributed by atoms with van der Waals surface area (Å²) in [5.41, 5.74) is 1.09. The number of amides is 2. The number of hydrogen-bond donors (Lipinski definition) is 2. The van der Waals surface area contributed by atoms with Crippen LogP contribution < -0.4 is 10.6 Å². The Morgan fingerprint density at radius 2 is 2.18 bits per heavy atom. The summed E-state index contributed by atoms with van der Waals surface area (Å²) < 4.78 is 0. The van der Waals surface area contributed by atoms with Crippen molar-refractivity contribution < 1.29 is 9.59 Å². The Balaban J connectivity index is 2.57. The summed E-state index contributed by atoms with van der Waals surface area (Å²) in [5, 5.41) is 13.4. The summed E-state index contributed by atoms with van der Waals surface area (Å²) in [5.74, 6) is -0.0569. The standard InChI is InChI=1S/C12H13N3O2/c1-9(16)10-4-2-5-11(8-10)15-12(17)14-7-3-6-13/h2,4-5,8H,3,7H2,1H3,(H2,14,15,17). The van der Waals surface area contributed by atoms with Gasteiger partial charge in [-0.05, 0) is 19.1 Å². The van der Waals surface area contributed by atoms with Crippen LogP contribution in [-0.2, 0) is 0 Å². The van der Waals surface area contributed by atoms with Gasteiger partial charge < -0.3 is 10.6 Å². The monoisotopic (exact) mass is 231 g/mol. The van der Waals surface area contributed by atoms with Crippen LogP contribution in [0.1, 0.15) is 23.7 Å². The van der Waals surface area contributed by atoms with Crippen LogP contribution in [0.2, 0.25) is 0 Å².